The average Bonchev–Trinajstić information content (AvgIpc) is 3.20. The van der Waals surface area contributed by atoms with E-state index in [0.29, 0.717) is 30.6 Å². The number of nitrogens with zero attached hydrogens (tertiary/aromatic N) is 2. The zero-order valence-corrected chi connectivity index (χ0v) is 32.6. The molecule has 9 nitrogen and oxygen atoms in total. The molecular weight excluding hydrogens is 689 g/mol. The van der Waals surface area contributed by atoms with Crippen LogP contribution in [0.4, 0.5) is 0 Å². The van der Waals surface area contributed by atoms with Crippen molar-refractivity contribution in [2.45, 2.75) is 115 Å². The normalized spacial score (nSPS) is 25.8. The third kappa shape index (κ3) is 9.35. The van der Waals surface area contributed by atoms with Gasteiger partial charge in [0.05, 0.1) is 30.4 Å². The number of benzene rings is 3. The molecule has 0 radical (unpaired) electrons. The zero-order chi connectivity index (χ0) is 38.5. The quantitative estimate of drug-likeness (QED) is 0.151. The van der Waals surface area contributed by atoms with Crippen molar-refractivity contribution in [1.82, 2.24) is 20.5 Å². The molecule has 3 aliphatic rings. The van der Waals surface area contributed by atoms with E-state index in [1.165, 1.54) is 19.3 Å². The number of aromatic nitrogens is 1. The van der Waals surface area contributed by atoms with Gasteiger partial charge in [-0.1, -0.05) is 80.4 Å². The minimum absolute atomic E-state index is 0.00624. The van der Waals surface area contributed by atoms with Gasteiger partial charge in [0.1, 0.15) is 0 Å². The van der Waals surface area contributed by atoms with Gasteiger partial charge in [-0.25, -0.2) is 0 Å². The topological polar surface area (TPSA) is 113 Å². The Morgan fingerprint density at radius 2 is 1.62 bits per heavy atom. The Morgan fingerprint density at radius 1 is 0.855 bits per heavy atom. The van der Waals surface area contributed by atoms with Crippen LogP contribution in [-0.4, -0.2) is 57.1 Å². The van der Waals surface area contributed by atoms with E-state index in [1.807, 2.05) is 30.3 Å². The standard InChI is InChI=1S/C46H56N4O5/c1-30-41(28-50-39-16-6-5-11-33(39)21-22-40(50)44(53)49-46(2,3)4)54-45(55-42(30)34-19-17-31(29-51)18-20-34)37-14-8-13-36(25-37)35-12-7-10-32(24-35)26-48-43(52)38-15-9-23-47-27-38/h7-10,12-15,17-20,23-25,27,30,33,39-42,45,51H,5-6,11,16,21-22,26,28-29H2,1-4H3,(H,48,52)(H,49,53)/t30-,33-,39-,40-,41+,42+,45+/m1/s1. The SMILES string of the molecule is C[C@@H]1[C@H](CN2[C@@H](C(=O)NC(C)(C)C)CC[C@H]3CCCC[C@H]32)O[C@H](c2cccc(-c3cccc(CNC(=O)c4cccnc4)c3)c2)O[C@@H]1c1ccc(CO)cc1. The summed E-state index contributed by atoms with van der Waals surface area (Å²) >= 11 is 0. The van der Waals surface area contributed by atoms with Crippen LogP contribution in [0.5, 0.6) is 0 Å². The Balaban J connectivity index is 1.16. The maximum absolute atomic E-state index is 13.9. The molecule has 2 amide bonds. The Bertz CT molecular complexity index is 1910. The molecule has 0 unspecified atom stereocenters. The third-order valence-electron chi connectivity index (χ3n) is 11.6. The summed E-state index contributed by atoms with van der Waals surface area (Å²) in [6, 6.07) is 28.2. The highest BCUT2D eigenvalue weighted by Crippen LogP contribution is 2.45. The van der Waals surface area contributed by atoms with Crippen molar-refractivity contribution >= 4 is 11.8 Å². The second-order valence-electron chi connectivity index (χ2n) is 16.7. The molecule has 3 heterocycles. The van der Waals surface area contributed by atoms with Crippen LogP contribution in [0.2, 0.25) is 0 Å². The lowest BCUT2D eigenvalue weighted by molar-refractivity contribution is -0.278. The van der Waals surface area contributed by atoms with Gasteiger partial charge in [-0.2, -0.15) is 0 Å². The molecule has 0 spiro atoms. The number of aliphatic hydroxyl groups excluding tert-OH is 1. The fraction of sp³-hybridized carbons (Fsp3) is 0.457. The number of pyridine rings is 1. The smallest absolute Gasteiger partial charge is 0.253 e. The van der Waals surface area contributed by atoms with Gasteiger partial charge in [-0.15, -0.1) is 0 Å². The van der Waals surface area contributed by atoms with Crippen molar-refractivity contribution in [3.63, 3.8) is 0 Å². The van der Waals surface area contributed by atoms with Crippen LogP contribution in [0.15, 0.2) is 97.3 Å². The Hall–Kier alpha value is -4.41. The molecule has 1 saturated carbocycles. The van der Waals surface area contributed by atoms with E-state index in [2.05, 4.69) is 90.7 Å². The van der Waals surface area contributed by atoms with Crippen molar-refractivity contribution in [3.8, 4) is 11.1 Å². The molecule has 7 rings (SSSR count). The highest BCUT2D eigenvalue weighted by molar-refractivity contribution is 5.93. The summed E-state index contributed by atoms with van der Waals surface area (Å²) < 4.78 is 13.9. The van der Waals surface area contributed by atoms with Crippen LogP contribution in [0.3, 0.4) is 0 Å². The third-order valence-corrected chi connectivity index (χ3v) is 11.6. The van der Waals surface area contributed by atoms with Crippen molar-refractivity contribution in [2.75, 3.05) is 6.54 Å². The van der Waals surface area contributed by atoms with Crippen LogP contribution < -0.4 is 10.6 Å². The number of amides is 2. The van der Waals surface area contributed by atoms with Crippen LogP contribution in [-0.2, 0) is 27.4 Å². The molecule has 55 heavy (non-hydrogen) atoms. The van der Waals surface area contributed by atoms with Crippen molar-refractivity contribution in [3.05, 3.63) is 125 Å². The van der Waals surface area contributed by atoms with Crippen LogP contribution in [0, 0.1) is 11.8 Å². The first kappa shape index (κ1) is 38.8. The molecule has 7 atom stereocenters. The lowest BCUT2D eigenvalue weighted by Crippen LogP contribution is -2.61. The fourth-order valence-electron chi connectivity index (χ4n) is 8.77. The van der Waals surface area contributed by atoms with Crippen molar-refractivity contribution in [2.24, 2.45) is 11.8 Å². The number of carbonyl (C=O) groups excluding carboxylic acids is 2. The molecule has 9 heteroatoms. The molecule has 290 valence electrons. The highest BCUT2D eigenvalue weighted by Gasteiger charge is 2.46. The van der Waals surface area contributed by atoms with Gasteiger partial charge in [0, 0.05) is 48.5 Å². The Morgan fingerprint density at radius 3 is 2.36 bits per heavy atom. The molecule has 3 N–H and O–H groups in total. The first-order chi connectivity index (χ1) is 26.6. The molecule has 1 aromatic heterocycles. The summed E-state index contributed by atoms with van der Waals surface area (Å²) in [6.07, 6.45) is 8.80. The summed E-state index contributed by atoms with van der Waals surface area (Å²) in [6.45, 7) is 9.36. The molecule has 2 saturated heterocycles. The summed E-state index contributed by atoms with van der Waals surface area (Å²) in [4.78, 5) is 33.2. The van der Waals surface area contributed by atoms with E-state index >= 15 is 0 Å². The van der Waals surface area contributed by atoms with Crippen LogP contribution in [0.25, 0.3) is 11.1 Å². The molecule has 3 fully saturated rings. The summed E-state index contributed by atoms with van der Waals surface area (Å²) in [5.41, 5.74) is 6.04. The second-order valence-corrected chi connectivity index (χ2v) is 16.7. The average molecular weight is 745 g/mol. The predicted octanol–water partition coefficient (Wildman–Crippen LogP) is 7.90. The second kappa shape index (κ2) is 17.2. The van der Waals surface area contributed by atoms with Gasteiger partial charge in [0.15, 0.2) is 6.29 Å². The number of aliphatic hydroxyl groups is 1. The van der Waals surface area contributed by atoms with E-state index in [9.17, 15) is 14.7 Å². The van der Waals surface area contributed by atoms with E-state index in [0.717, 1.165) is 52.6 Å². The largest absolute Gasteiger partial charge is 0.392 e. The van der Waals surface area contributed by atoms with Gasteiger partial charge in [-0.3, -0.25) is 19.5 Å². The lowest BCUT2D eigenvalue weighted by Gasteiger charge is -2.51. The van der Waals surface area contributed by atoms with Gasteiger partial charge >= 0.3 is 0 Å². The number of carbonyl (C=O) groups is 2. The zero-order valence-electron chi connectivity index (χ0n) is 32.6. The van der Waals surface area contributed by atoms with E-state index < -0.39 is 6.29 Å². The predicted molar refractivity (Wildman–Crippen MR) is 214 cm³/mol. The van der Waals surface area contributed by atoms with Crippen molar-refractivity contribution in [1.29, 1.82) is 0 Å². The van der Waals surface area contributed by atoms with Crippen LogP contribution in [0.1, 0.15) is 111 Å². The van der Waals surface area contributed by atoms with Gasteiger partial charge in [0.25, 0.3) is 5.91 Å². The minimum Gasteiger partial charge on any atom is -0.392 e. The number of fused-ring (bicyclic) bond motifs is 1. The summed E-state index contributed by atoms with van der Waals surface area (Å²) in [7, 11) is 0. The number of hydrogen-bond donors (Lipinski definition) is 3. The number of nitrogens with one attached hydrogen (secondary N) is 2. The first-order valence-corrected chi connectivity index (χ1v) is 20.0. The van der Waals surface area contributed by atoms with Gasteiger partial charge in [0.2, 0.25) is 5.91 Å². The first-order valence-electron chi connectivity index (χ1n) is 20.0. The van der Waals surface area contributed by atoms with E-state index in [-0.39, 0.29) is 48.1 Å². The molecule has 4 aromatic rings. The molecule has 0 bridgehead atoms. The minimum atomic E-state index is -0.639. The number of rotatable bonds is 10. The summed E-state index contributed by atoms with van der Waals surface area (Å²) in [5, 5.41) is 16.1. The lowest BCUT2D eigenvalue weighted by atomic mass is 9.75. The monoisotopic (exact) mass is 744 g/mol. The van der Waals surface area contributed by atoms with E-state index in [4.69, 9.17) is 9.47 Å². The highest BCUT2D eigenvalue weighted by atomic mass is 16.7. The molecule has 2 aliphatic heterocycles. The Labute approximate surface area is 325 Å². The van der Waals surface area contributed by atoms with Gasteiger partial charge in [-0.05, 0) is 104 Å². The Kier molecular flexibility index (Phi) is 12.1. The van der Waals surface area contributed by atoms with E-state index in [1.54, 1.807) is 24.5 Å². The molecule has 3 aromatic carbocycles. The number of hydrogen-bond acceptors (Lipinski definition) is 7. The number of ether oxygens (including phenoxy) is 2. The molecule has 1 aliphatic carbocycles. The maximum atomic E-state index is 13.9. The maximum Gasteiger partial charge on any atom is 0.253 e. The number of likely N-dealkylation sites (tertiary alicyclic amines) is 1. The molecular formula is C46H56N4O5. The summed E-state index contributed by atoms with van der Waals surface area (Å²) in [5.74, 6) is 0.529. The fourth-order valence-corrected chi connectivity index (χ4v) is 8.77. The van der Waals surface area contributed by atoms with Crippen LogP contribution >= 0.6 is 0 Å². The number of piperidine rings is 1. The van der Waals surface area contributed by atoms with Gasteiger partial charge < -0.3 is 25.2 Å². The van der Waals surface area contributed by atoms with Crippen molar-refractivity contribution < 1.29 is 24.2 Å².